The summed E-state index contributed by atoms with van der Waals surface area (Å²) in [6.45, 7) is 5.10. The molecule has 0 spiro atoms. The fraction of sp³-hybridized carbons (Fsp3) is 0.550. The summed E-state index contributed by atoms with van der Waals surface area (Å²) < 4.78 is 1.94. The highest BCUT2D eigenvalue weighted by molar-refractivity contribution is 5.94. The minimum atomic E-state index is -0.670. The van der Waals surface area contributed by atoms with Crippen molar-refractivity contribution in [3.63, 3.8) is 0 Å². The van der Waals surface area contributed by atoms with Crippen LogP contribution in [-0.2, 0) is 13.5 Å². The average molecular weight is 356 g/mol. The van der Waals surface area contributed by atoms with Gasteiger partial charge in [0.25, 0.3) is 5.91 Å². The van der Waals surface area contributed by atoms with Gasteiger partial charge in [-0.25, -0.2) is 0 Å². The summed E-state index contributed by atoms with van der Waals surface area (Å²) in [5.74, 6) is 1.27. The van der Waals surface area contributed by atoms with E-state index in [0.717, 1.165) is 42.8 Å². The summed E-state index contributed by atoms with van der Waals surface area (Å²) >= 11 is 0. The first kappa shape index (κ1) is 18.6. The number of piperidine rings is 1. The summed E-state index contributed by atoms with van der Waals surface area (Å²) in [4.78, 5) is 14.8. The van der Waals surface area contributed by atoms with E-state index >= 15 is 0 Å². The molecule has 1 saturated heterocycles. The molecular formula is C20H28N4O2. The standard InChI is InChI=1S/C20H28N4O2/c1-20(2,26)11-10-15-6-8-16(9-7-15)19(25)24-12-4-5-17(13-24)18-22-21-14-23(18)3/h6-9,14,17,26H,4-5,10-13H2,1-3H3. The molecule has 1 amide bonds. The average Bonchev–Trinajstić information content (AvgIpc) is 3.05. The number of aryl methyl sites for hydroxylation is 2. The van der Waals surface area contributed by atoms with Gasteiger partial charge in [-0.05, 0) is 57.2 Å². The van der Waals surface area contributed by atoms with Gasteiger partial charge < -0.3 is 14.6 Å². The molecule has 0 saturated carbocycles. The SMILES string of the molecule is Cn1cnnc1C1CCCN(C(=O)c2ccc(CCC(C)(C)O)cc2)C1. The van der Waals surface area contributed by atoms with Crippen molar-refractivity contribution in [1.82, 2.24) is 19.7 Å². The van der Waals surface area contributed by atoms with E-state index in [2.05, 4.69) is 10.2 Å². The molecule has 0 aliphatic carbocycles. The molecule has 2 heterocycles. The Morgan fingerprint density at radius 1 is 1.31 bits per heavy atom. The van der Waals surface area contributed by atoms with Crippen LogP contribution in [0.1, 0.15) is 60.8 Å². The molecule has 140 valence electrons. The highest BCUT2D eigenvalue weighted by Gasteiger charge is 2.28. The van der Waals surface area contributed by atoms with E-state index in [-0.39, 0.29) is 11.8 Å². The first-order valence-corrected chi connectivity index (χ1v) is 9.28. The van der Waals surface area contributed by atoms with Gasteiger partial charge in [0.2, 0.25) is 0 Å². The fourth-order valence-corrected chi connectivity index (χ4v) is 3.48. The maximum atomic E-state index is 12.9. The quantitative estimate of drug-likeness (QED) is 0.894. The van der Waals surface area contributed by atoms with Gasteiger partial charge in [-0.1, -0.05) is 12.1 Å². The van der Waals surface area contributed by atoms with Crippen LogP contribution < -0.4 is 0 Å². The number of aliphatic hydroxyl groups is 1. The molecule has 1 fully saturated rings. The summed E-state index contributed by atoms with van der Waals surface area (Å²) in [6.07, 6.45) is 5.23. The predicted octanol–water partition coefficient (Wildman–Crippen LogP) is 2.54. The lowest BCUT2D eigenvalue weighted by atomic mass is 9.96. The largest absolute Gasteiger partial charge is 0.390 e. The summed E-state index contributed by atoms with van der Waals surface area (Å²) in [5.41, 5.74) is 1.19. The van der Waals surface area contributed by atoms with Crippen LogP contribution in [0.4, 0.5) is 0 Å². The van der Waals surface area contributed by atoms with Crippen molar-refractivity contribution in [2.45, 2.75) is 51.0 Å². The van der Waals surface area contributed by atoms with Gasteiger partial charge in [0.05, 0.1) is 5.60 Å². The minimum absolute atomic E-state index is 0.0749. The number of amides is 1. The third-order valence-electron chi connectivity index (χ3n) is 5.05. The predicted molar refractivity (Wildman–Crippen MR) is 99.9 cm³/mol. The molecule has 0 radical (unpaired) electrons. The van der Waals surface area contributed by atoms with Crippen molar-refractivity contribution in [2.75, 3.05) is 13.1 Å². The van der Waals surface area contributed by atoms with Gasteiger partial charge in [-0.2, -0.15) is 0 Å². The second-order valence-corrected chi connectivity index (χ2v) is 7.90. The number of likely N-dealkylation sites (tertiary alicyclic amines) is 1. The van der Waals surface area contributed by atoms with Crippen LogP contribution in [0, 0.1) is 0 Å². The van der Waals surface area contributed by atoms with Crippen molar-refractivity contribution in [3.05, 3.63) is 47.5 Å². The van der Waals surface area contributed by atoms with Gasteiger partial charge in [0.15, 0.2) is 0 Å². The number of carbonyl (C=O) groups is 1. The highest BCUT2D eigenvalue weighted by atomic mass is 16.3. The Morgan fingerprint density at radius 2 is 2.04 bits per heavy atom. The van der Waals surface area contributed by atoms with E-state index in [1.54, 1.807) is 6.33 Å². The Kier molecular flexibility index (Phi) is 5.41. The lowest BCUT2D eigenvalue weighted by Gasteiger charge is -2.32. The smallest absolute Gasteiger partial charge is 0.253 e. The second-order valence-electron chi connectivity index (χ2n) is 7.90. The number of aromatic nitrogens is 3. The van der Waals surface area contributed by atoms with Crippen molar-refractivity contribution in [2.24, 2.45) is 7.05 Å². The van der Waals surface area contributed by atoms with Crippen LogP contribution >= 0.6 is 0 Å². The van der Waals surface area contributed by atoms with E-state index in [1.807, 2.05) is 54.6 Å². The van der Waals surface area contributed by atoms with Crippen LogP contribution in [0.15, 0.2) is 30.6 Å². The Labute approximate surface area is 154 Å². The van der Waals surface area contributed by atoms with Crippen LogP contribution in [-0.4, -0.2) is 49.4 Å². The molecular weight excluding hydrogens is 328 g/mol. The lowest BCUT2D eigenvalue weighted by molar-refractivity contribution is 0.0697. The van der Waals surface area contributed by atoms with Crippen molar-refractivity contribution in [3.8, 4) is 0 Å². The van der Waals surface area contributed by atoms with Gasteiger partial charge in [0.1, 0.15) is 12.2 Å². The number of hydrogen-bond donors (Lipinski definition) is 1. The van der Waals surface area contributed by atoms with Gasteiger partial charge in [-0.15, -0.1) is 10.2 Å². The van der Waals surface area contributed by atoms with Crippen LogP contribution in [0.25, 0.3) is 0 Å². The summed E-state index contributed by atoms with van der Waals surface area (Å²) in [7, 11) is 1.95. The Bertz CT molecular complexity index is 746. The van der Waals surface area contributed by atoms with E-state index < -0.39 is 5.60 Å². The molecule has 1 atom stereocenters. The fourth-order valence-electron chi connectivity index (χ4n) is 3.48. The third-order valence-corrected chi connectivity index (χ3v) is 5.05. The maximum absolute atomic E-state index is 12.9. The maximum Gasteiger partial charge on any atom is 0.253 e. The zero-order chi connectivity index (χ0) is 18.7. The van der Waals surface area contributed by atoms with E-state index in [0.29, 0.717) is 13.0 Å². The van der Waals surface area contributed by atoms with E-state index in [4.69, 9.17) is 0 Å². The first-order valence-electron chi connectivity index (χ1n) is 9.28. The Morgan fingerprint density at radius 3 is 2.65 bits per heavy atom. The van der Waals surface area contributed by atoms with Crippen molar-refractivity contribution >= 4 is 5.91 Å². The number of rotatable bonds is 5. The monoisotopic (exact) mass is 356 g/mol. The minimum Gasteiger partial charge on any atom is -0.390 e. The zero-order valence-electron chi connectivity index (χ0n) is 15.9. The zero-order valence-corrected chi connectivity index (χ0v) is 15.9. The number of hydrogen-bond acceptors (Lipinski definition) is 4. The lowest BCUT2D eigenvalue weighted by Crippen LogP contribution is -2.39. The Hall–Kier alpha value is -2.21. The molecule has 1 unspecified atom stereocenters. The first-order chi connectivity index (χ1) is 12.3. The van der Waals surface area contributed by atoms with Gasteiger partial charge >= 0.3 is 0 Å². The van der Waals surface area contributed by atoms with Crippen molar-refractivity contribution < 1.29 is 9.90 Å². The Balaban J connectivity index is 1.64. The van der Waals surface area contributed by atoms with Crippen LogP contribution in [0.3, 0.4) is 0 Å². The summed E-state index contributed by atoms with van der Waals surface area (Å²) in [5, 5.41) is 18.0. The van der Waals surface area contributed by atoms with Gasteiger partial charge in [-0.3, -0.25) is 4.79 Å². The van der Waals surface area contributed by atoms with Crippen LogP contribution in [0.2, 0.25) is 0 Å². The van der Waals surface area contributed by atoms with Crippen LogP contribution in [0.5, 0.6) is 0 Å². The molecule has 1 aromatic carbocycles. The highest BCUT2D eigenvalue weighted by Crippen LogP contribution is 2.26. The second kappa shape index (κ2) is 7.58. The molecule has 1 aromatic heterocycles. The number of carbonyl (C=O) groups excluding carboxylic acids is 1. The third kappa shape index (κ3) is 4.49. The molecule has 1 aliphatic heterocycles. The molecule has 26 heavy (non-hydrogen) atoms. The molecule has 1 N–H and O–H groups in total. The number of benzene rings is 1. The van der Waals surface area contributed by atoms with E-state index in [9.17, 15) is 9.90 Å². The molecule has 1 aliphatic rings. The topological polar surface area (TPSA) is 71.2 Å². The molecule has 6 nitrogen and oxygen atoms in total. The molecule has 2 aromatic rings. The van der Waals surface area contributed by atoms with Crippen molar-refractivity contribution in [1.29, 1.82) is 0 Å². The molecule has 6 heteroatoms. The molecule has 0 bridgehead atoms. The summed E-state index contributed by atoms with van der Waals surface area (Å²) in [6, 6.07) is 7.77. The normalized spacial score (nSPS) is 18.2. The van der Waals surface area contributed by atoms with E-state index in [1.165, 1.54) is 0 Å². The number of nitrogens with zero attached hydrogens (tertiary/aromatic N) is 4. The van der Waals surface area contributed by atoms with Gasteiger partial charge in [0, 0.05) is 31.6 Å². The molecule has 3 rings (SSSR count).